The molecule has 0 bridgehead atoms. The molecular formula is C4H16AlO2P. The smallest absolute Gasteiger partial charge is 0.187 e. The summed E-state index contributed by atoms with van der Waals surface area (Å²) >= 11 is 0. The Hall–Kier alpha value is 0.882. The molecule has 8 heavy (non-hydrogen) atoms. The Morgan fingerprint density at radius 2 is 1.38 bits per heavy atom. The van der Waals surface area contributed by atoms with Gasteiger partial charge in [-0.2, -0.15) is 0 Å². The first-order valence-corrected chi connectivity index (χ1v) is 4.88. The van der Waals surface area contributed by atoms with E-state index in [1.54, 1.807) is 13.8 Å². The van der Waals surface area contributed by atoms with E-state index in [0.29, 0.717) is 12.3 Å². The molecule has 52 valence electrons. The summed E-state index contributed by atoms with van der Waals surface area (Å²) in [6.45, 7) is 3.60. The van der Waals surface area contributed by atoms with Crippen LogP contribution in [0.25, 0.3) is 0 Å². The van der Waals surface area contributed by atoms with Gasteiger partial charge in [-0.1, -0.05) is 0 Å². The molecule has 0 saturated carbocycles. The molecule has 0 atom stereocenters. The predicted molar refractivity (Wildman–Crippen MR) is 43.8 cm³/mol. The molecule has 2 nitrogen and oxygen atoms in total. The van der Waals surface area contributed by atoms with Crippen LogP contribution in [0.2, 0.25) is 0 Å². The second kappa shape index (κ2) is 4.73. The van der Waals surface area contributed by atoms with Gasteiger partial charge in [0.2, 0.25) is 0 Å². The van der Waals surface area contributed by atoms with E-state index in [1.165, 1.54) is 0 Å². The fourth-order valence-electron chi connectivity index (χ4n) is 0.250. The molecule has 0 saturated heterocycles. The molecule has 0 aliphatic rings. The fourth-order valence-corrected chi connectivity index (χ4v) is 0.750. The van der Waals surface area contributed by atoms with E-state index in [4.69, 9.17) is 9.79 Å². The summed E-state index contributed by atoms with van der Waals surface area (Å²) in [6, 6.07) is 0. The van der Waals surface area contributed by atoms with E-state index in [2.05, 4.69) is 0 Å². The van der Waals surface area contributed by atoms with Gasteiger partial charge < -0.3 is 0 Å². The summed E-state index contributed by atoms with van der Waals surface area (Å²) in [7, 11) is -2.65. The summed E-state index contributed by atoms with van der Waals surface area (Å²) in [6.07, 6.45) is 1.09. The predicted octanol–water partition coefficient (Wildman–Crippen LogP) is -0.593. The van der Waals surface area contributed by atoms with Crippen molar-refractivity contribution in [2.75, 3.05) is 12.3 Å². The van der Waals surface area contributed by atoms with E-state index in [1.807, 2.05) is 0 Å². The second-order valence-corrected chi connectivity index (χ2v) is 5.07. The van der Waals surface area contributed by atoms with Crippen LogP contribution in [0.3, 0.4) is 0 Å². The normalized spacial score (nSPS) is 12.5. The van der Waals surface area contributed by atoms with E-state index < -0.39 is 7.72 Å². The SMILES string of the molecule is CC[PH](O)(O)CC.[AlH3]. The largest absolute Gasteiger partial charge is 0.187 e. The topological polar surface area (TPSA) is 40.5 Å². The van der Waals surface area contributed by atoms with Crippen LogP contribution in [-0.2, 0) is 0 Å². The monoisotopic (exact) mass is 154 g/mol. The molecule has 0 aromatic rings. The van der Waals surface area contributed by atoms with Gasteiger partial charge in [-0.25, -0.2) is 0 Å². The summed E-state index contributed by atoms with van der Waals surface area (Å²) in [4.78, 5) is 17.7. The maximum Gasteiger partial charge on any atom is 0.187 e. The van der Waals surface area contributed by atoms with Crippen LogP contribution in [0.15, 0.2) is 0 Å². The Labute approximate surface area is 61.6 Å². The molecule has 0 amide bonds. The van der Waals surface area contributed by atoms with Gasteiger partial charge in [0, 0.05) is 0 Å². The second-order valence-electron chi connectivity index (χ2n) is 1.69. The van der Waals surface area contributed by atoms with Crippen molar-refractivity contribution in [2.45, 2.75) is 13.8 Å². The van der Waals surface area contributed by atoms with Crippen LogP contribution < -0.4 is 0 Å². The minimum atomic E-state index is -2.65. The van der Waals surface area contributed by atoms with Gasteiger partial charge >= 0.3 is 43.7 Å². The third-order valence-corrected chi connectivity index (χ3v) is 3.40. The maximum atomic E-state index is 8.83. The fraction of sp³-hybridized carbons (Fsp3) is 1.00. The van der Waals surface area contributed by atoms with Crippen molar-refractivity contribution in [2.24, 2.45) is 0 Å². The average molecular weight is 154 g/mol. The average Bonchev–Trinajstić information content (AvgIpc) is 1.68. The van der Waals surface area contributed by atoms with Crippen molar-refractivity contribution in [1.29, 1.82) is 0 Å². The summed E-state index contributed by atoms with van der Waals surface area (Å²) in [5, 5.41) is 0. The van der Waals surface area contributed by atoms with Gasteiger partial charge in [0.15, 0.2) is 17.4 Å². The Morgan fingerprint density at radius 3 is 1.38 bits per heavy atom. The van der Waals surface area contributed by atoms with E-state index >= 15 is 0 Å². The molecule has 0 aromatic heterocycles. The van der Waals surface area contributed by atoms with Crippen molar-refractivity contribution < 1.29 is 9.79 Å². The molecule has 2 N–H and O–H groups in total. The van der Waals surface area contributed by atoms with Crippen LogP contribution >= 0.6 is 7.72 Å². The molecule has 0 spiro atoms. The van der Waals surface area contributed by atoms with E-state index in [0.717, 1.165) is 0 Å². The Morgan fingerprint density at radius 1 is 1.12 bits per heavy atom. The summed E-state index contributed by atoms with van der Waals surface area (Å²) in [5.41, 5.74) is 0. The zero-order chi connectivity index (χ0) is 5.91. The third kappa shape index (κ3) is 5.03. The number of hydrogen-bond donors (Lipinski definition) is 2. The van der Waals surface area contributed by atoms with Gasteiger partial charge in [0.25, 0.3) is 0 Å². The first-order chi connectivity index (χ1) is 3.12. The zero-order valence-corrected chi connectivity index (χ0v) is 5.81. The molecule has 0 aliphatic heterocycles. The molecule has 0 rings (SSSR count). The van der Waals surface area contributed by atoms with E-state index in [-0.39, 0.29) is 17.4 Å². The Kier molecular flexibility index (Phi) is 6.89. The van der Waals surface area contributed by atoms with Gasteiger partial charge in [0.05, 0.1) is 0 Å². The van der Waals surface area contributed by atoms with Crippen LogP contribution in [0.5, 0.6) is 0 Å². The maximum absolute atomic E-state index is 8.83. The molecule has 0 heterocycles. The van der Waals surface area contributed by atoms with Crippen molar-refractivity contribution in [3.05, 3.63) is 0 Å². The minimum absolute atomic E-state index is 0. The van der Waals surface area contributed by atoms with Crippen LogP contribution in [0.1, 0.15) is 13.8 Å². The van der Waals surface area contributed by atoms with Crippen molar-refractivity contribution in [1.82, 2.24) is 0 Å². The molecule has 0 aromatic carbocycles. The van der Waals surface area contributed by atoms with Gasteiger partial charge in [-0.05, 0) is 0 Å². The summed E-state index contributed by atoms with van der Waals surface area (Å²) in [5.74, 6) is 0. The molecule has 0 unspecified atom stereocenters. The third-order valence-electron chi connectivity index (χ3n) is 1.13. The van der Waals surface area contributed by atoms with Crippen molar-refractivity contribution in [3.63, 3.8) is 0 Å². The molecule has 4 heteroatoms. The molecular weight excluding hydrogens is 138 g/mol. The van der Waals surface area contributed by atoms with Gasteiger partial charge in [-0.3, -0.25) is 0 Å². The van der Waals surface area contributed by atoms with Crippen LogP contribution in [0, 0.1) is 0 Å². The molecule has 0 radical (unpaired) electrons. The summed E-state index contributed by atoms with van der Waals surface area (Å²) < 4.78 is 0. The Balaban J connectivity index is 0. The standard InChI is InChI=1S/C4H13O2P.Al.3H/c1-3-7(5,6)4-2;;;;/h5-7H,3-4H2,1-2H3;;;;. The van der Waals surface area contributed by atoms with Crippen LogP contribution in [-0.4, -0.2) is 39.5 Å². The van der Waals surface area contributed by atoms with Crippen molar-refractivity contribution >= 4 is 25.1 Å². The van der Waals surface area contributed by atoms with Gasteiger partial charge in [-0.15, -0.1) is 0 Å². The Bertz CT molecular complexity index is 52.0. The number of rotatable bonds is 2. The molecule has 0 fully saturated rings. The minimum Gasteiger partial charge on any atom is 0.187 e. The van der Waals surface area contributed by atoms with Crippen LogP contribution in [0.4, 0.5) is 0 Å². The van der Waals surface area contributed by atoms with Crippen molar-refractivity contribution in [3.8, 4) is 0 Å². The quantitative estimate of drug-likeness (QED) is 0.412. The number of hydrogen-bond acceptors (Lipinski definition) is 2. The van der Waals surface area contributed by atoms with E-state index in [9.17, 15) is 0 Å². The first kappa shape index (κ1) is 11.7. The zero-order valence-electron chi connectivity index (χ0n) is 4.81. The molecule has 0 aliphatic carbocycles. The van der Waals surface area contributed by atoms with Gasteiger partial charge in [0.1, 0.15) is 0 Å². The first-order valence-electron chi connectivity index (χ1n) is 2.57.